The summed E-state index contributed by atoms with van der Waals surface area (Å²) in [6.07, 6.45) is 27.4. The highest BCUT2D eigenvalue weighted by molar-refractivity contribution is 14.1. The second-order valence-corrected chi connectivity index (χ2v) is 28.6. The van der Waals surface area contributed by atoms with Gasteiger partial charge in [0.05, 0.1) is 48.1 Å². The Morgan fingerprint density at radius 1 is 0.482 bits per heavy atom. The van der Waals surface area contributed by atoms with Crippen LogP contribution in [0.2, 0.25) is 0 Å². The van der Waals surface area contributed by atoms with Crippen molar-refractivity contribution < 1.29 is 77.7 Å². The molecule has 0 aromatic heterocycles. The number of aliphatic hydroxyl groups is 4. The molecule has 4 heterocycles. The van der Waals surface area contributed by atoms with Crippen LogP contribution in [0.15, 0.2) is 48.6 Å². The number of halogens is 3. The molecule has 458 valence electrons. The van der Waals surface area contributed by atoms with Gasteiger partial charge in [-0.3, -0.25) is 38.4 Å². The summed E-state index contributed by atoms with van der Waals surface area (Å²) in [4.78, 5) is 98.3. The molecule has 0 aromatic rings. The highest BCUT2D eigenvalue weighted by Crippen LogP contribution is 2.66. The van der Waals surface area contributed by atoms with Gasteiger partial charge in [-0.1, -0.05) is 94.1 Å². The quantitative estimate of drug-likeness (QED) is 0.0392. The Bertz CT molecular complexity index is 2500. The lowest BCUT2D eigenvalue weighted by Gasteiger charge is -2.55. The number of allylic oxidation sites excluding steroid dienone is 4. The van der Waals surface area contributed by atoms with E-state index in [0.717, 1.165) is 81.5 Å². The van der Waals surface area contributed by atoms with Crippen molar-refractivity contribution in [1.29, 1.82) is 0 Å². The molecule has 12 aliphatic rings. The number of hydrogen-bond acceptors (Lipinski definition) is 16. The van der Waals surface area contributed by atoms with Crippen molar-refractivity contribution in [1.82, 2.24) is 0 Å². The topological polar surface area (TPSA) is 254 Å². The molecule has 83 heavy (non-hydrogen) atoms. The second-order valence-electron chi connectivity index (χ2n) is 26.4. The number of ketones is 4. The summed E-state index contributed by atoms with van der Waals surface area (Å²) in [6.45, 7) is 9.20. The summed E-state index contributed by atoms with van der Waals surface area (Å²) < 4.78 is 22.5. The molecule has 16 nitrogen and oxygen atoms in total. The van der Waals surface area contributed by atoms with Gasteiger partial charge < -0.3 is 39.4 Å². The van der Waals surface area contributed by atoms with Gasteiger partial charge in [0, 0.05) is 65.0 Å². The fraction of sp³-hybridized carbons (Fsp3) is 0.750. The van der Waals surface area contributed by atoms with Crippen LogP contribution in [0.25, 0.3) is 0 Å². The van der Waals surface area contributed by atoms with E-state index in [9.17, 15) is 58.8 Å². The fourth-order valence-electron chi connectivity index (χ4n) is 17.7. The summed E-state index contributed by atoms with van der Waals surface area (Å²) >= 11 is 11.4. The van der Waals surface area contributed by atoms with Gasteiger partial charge in [-0.05, 0) is 130 Å². The van der Waals surface area contributed by atoms with Gasteiger partial charge >= 0.3 is 23.9 Å². The number of esters is 4. The summed E-state index contributed by atoms with van der Waals surface area (Å²) in [7, 11) is 0. The van der Waals surface area contributed by atoms with Crippen LogP contribution >= 0.6 is 50.1 Å². The van der Waals surface area contributed by atoms with E-state index in [2.05, 4.69) is 56.7 Å². The SMILES string of the molecule is CC[C@H]1C(=O)C[C@@]2([C@@H](O)[C@@H]3C=CCCC3)C(=O)O[C@@]12C.C[C@@]12OC(=O)[C@]1([C@@H](O)[C@@H]1C=CCCC1)CC(=O)[C@@H]2CCBr.C[C@@]12OC(=O)[C@]1([C@@H](O)[C@@H]1C=CCCC1)CC(=O)[C@@H]2CCCl.C[C@@]12OC(=O)[C@]1([C@@H](O)[C@@H]1C=CCCC1)CC(=O)[C@@H]2CCI. The van der Waals surface area contributed by atoms with Crippen molar-refractivity contribution in [2.24, 2.45) is 69.0 Å². The van der Waals surface area contributed by atoms with E-state index in [1.807, 2.05) is 58.1 Å². The summed E-state index contributed by atoms with van der Waals surface area (Å²) in [6, 6.07) is 0. The van der Waals surface area contributed by atoms with Gasteiger partial charge in [0.2, 0.25) is 0 Å². The summed E-state index contributed by atoms with van der Waals surface area (Å²) in [5.41, 5.74) is -7.54. The minimum Gasteiger partial charge on any atom is -0.457 e. The lowest BCUT2D eigenvalue weighted by atomic mass is 9.60. The van der Waals surface area contributed by atoms with Crippen LogP contribution in [-0.2, 0) is 57.3 Å². The molecule has 0 spiro atoms. The Labute approximate surface area is 514 Å². The number of hydrogen-bond donors (Lipinski definition) is 4. The van der Waals surface area contributed by atoms with Gasteiger partial charge in [-0.25, -0.2) is 0 Å². The Hall–Kier alpha value is -3.14. The number of fused-ring (bicyclic) bond motifs is 4. The van der Waals surface area contributed by atoms with Crippen LogP contribution in [-0.4, -0.2) is 130 Å². The third-order valence-electron chi connectivity index (χ3n) is 22.7. The van der Waals surface area contributed by atoms with Crippen LogP contribution in [0, 0.1) is 69.0 Å². The van der Waals surface area contributed by atoms with Gasteiger partial charge in [0.25, 0.3) is 0 Å². The molecule has 0 bridgehead atoms. The summed E-state index contributed by atoms with van der Waals surface area (Å²) in [5.74, 6) is -2.57. The van der Waals surface area contributed by atoms with E-state index in [0.29, 0.717) is 36.9 Å². The molecular weight excluding hydrogens is 1270 g/mol. The van der Waals surface area contributed by atoms with Crippen molar-refractivity contribution in [3.63, 3.8) is 0 Å². The predicted molar refractivity (Wildman–Crippen MR) is 318 cm³/mol. The van der Waals surface area contributed by atoms with E-state index in [-0.39, 0.29) is 96.2 Å². The lowest BCUT2D eigenvalue weighted by molar-refractivity contribution is -0.263. The highest BCUT2D eigenvalue weighted by atomic mass is 127. The van der Waals surface area contributed by atoms with Crippen molar-refractivity contribution in [2.75, 3.05) is 15.6 Å². The smallest absolute Gasteiger partial charge is 0.319 e. The number of alkyl halides is 3. The van der Waals surface area contributed by atoms with E-state index >= 15 is 0 Å². The fourth-order valence-corrected chi connectivity index (χ4v) is 19.0. The highest BCUT2D eigenvalue weighted by Gasteiger charge is 2.82. The summed E-state index contributed by atoms with van der Waals surface area (Å²) in [5, 5.41) is 44.1. The molecule has 20 atom stereocenters. The molecule has 4 saturated heterocycles. The minimum absolute atomic E-state index is 0.0113. The van der Waals surface area contributed by atoms with E-state index in [1.54, 1.807) is 6.92 Å². The van der Waals surface area contributed by atoms with Crippen LogP contribution < -0.4 is 0 Å². The number of carbonyl (C=O) groups is 8. The Morgan fingerprint density at radius 3 is 0.976 bits per heavy atom. The van der Waals surface area contributed by atoms with Gasteiger partial charge in [-0.15, -0.1) is 11.6 Å². The van der Waals surface area contributed by atoms with Gasteiger partial charge in [0.1, 0.15) is 67.2 Å². The zero-order chi connectivity index (χ0) is 60.3. The molecule has 4 N–H and O–H groups in total. The zero-order valence-electron chi connectivity index (χ0n) is 48.6. The van der Waals surface area contributed by atoms with Crippen molar-refractivity contribution in [3.8, 4) is 0 Å². The molecule has 8 fully saturated rings. The number of Topliss-reactive ketones (excluding diaryl/α,β-unsaturated/α-hetero) is 4. The normalized spacial score (nSPS) is 43.6. The molecule has 19 heteroatoms. The predicted octanol–water partition coefficient (Wildman–Crippen LogP) is 9.03. The average Bonchev–Trinajstić information content (AvgIpc) is 1.68. The Balaban J connectivity index is 0.000000133. The number of rotatable bonds is 15. The van der Waals surface area contributed by atoms with E-state index in [4.69, 9.17) is 30.5 Å². The van der Waals surface area contributed by atoms with Crippen LogP contribution in [0.5, 0.6) is 0 Å². The minimum atomic E-state index is -1.08. The number of aliphatic hydroxyl groups excluding tert-OH is 4. The zero-order valence-corrected chi connectivity index (χ0v) is 53.1. The largest absolute Gasteiger partial charge is 0.457 e. The van der Waals surface area contributed by atoms with Gasteiger partial charge in [0.15, 0.2) is 0 Å². The first kappa shape index (κ1) is 64.3. The molecule has 0 radical (unpaired) electrons. The first-order chi connectivity index (χ1) is 39.4. The molecule has 4 saturated carbocycles. The average molecular weight is 1350 g/mol. The van der Waals surface area contributed by atoms with Gasteiger partial charge in [-0.2, -0.15) is 0 Å². The molecular formula is C64H85BrClIO16. The third-order valence-corrected chi connectivity index (χ3v) is 24.0. The first-order valence-corrected chi connectivity index (χ1v) is 33.7. The molecule has 4 aliphatic heterocycles. The number of ether oxygens (including phenoxy) is 4. The third kappa shape index (κ3) is 9.64. The first-order valence-electron chi connectivity index (χ1n) is 30.5. The van der Waals surface area contributed by atoms with Crippen molar-refractivity contribution in [3.05, 3.63) is 48.6 Å². The van der Waals surface area contributed by atoms with E-state index < -0.39 is 92.3 Å². The standard InChI is InChI=1S/C16H21BrO4.C16H21ClO4.C16H21IO4.C16H22O4/c3*1-15-11(7-8-17)12(18)9-16(15,14(20)21-15)13(19)10-5-3-2-4-6-10;1-3-11-12(17)9-16(14(19)20-15(11,16)2)13(18)10-7-5-4-6-8-10/h3*3,5,10-11,13,19H,2,4,6-9H2,1H3;5,7,10-11,13,18H,3-4,6,8-9H2,1-2H3/t4*10-,11+,13+,15+,16-/m1111/s1. The Morgan fingerprint density at radius 2 is 0.747 bits per heavy atom. The maximum atomic E-state index is 12.4. The molecule has 0 unspecified atom stereocenters. The maximum Gasteiger partial charge on any atom is 0.319 e. The number of carbonyl (C=O) groups excluding carboxylic acids is 8. The molecule has 0 aromatic carbocycles. The molecule has 0 amide bonds. The molecule has 8 aliphatic carbocycles. The maximum absolute atomic E-state index is 12.4. The molecule has 12 rings (SSSR count). The van der Waals surface area contributed by atoms with Crippen LogP contribution in [0.3, 0.4) is 0 Å². The second kappa shape index (κ2) is 24.4. The van der Waals surface area contributed by atoms with E-state index in [1.165, 1.54) is 0 Å². The van der Waals surface area contributed by atoms with Crippen molar-refractivity contribution >= 4 is 97.1 Å². The van der Waals surface area contributed by atoms with Crippen LogP contribution in [0.4, 0.5) is 0 Å². The van der Waals surface area contributed by atoms with Crippen molar-refractivity contribution in [2.45, 2.75) is 210 Å². The lowest BCUT2D eigenvalue weighted by Crippen LogP contribution is -2.70. The Kier molecular flexibility index (Phi) is 18.9. The monoisotopic (exact) mass is 1350 g/mol. The van der Waals surface area contributed by atoms with Crippen LogP contribution in [0.1, 0.15) is 163 Å².